The van der Waals surface area contributed by atoms with E-state index in [4.69, 9.17) is 9.47 Å². The van der Waals surface area contributed by atoms with Crippen LogP contribution in [0.1, 0.15) is 35.7 Å². The Hall–Kier alpha value is -2.07. The van der Waals surface area contributed by atoms with Gasteiger partial charge >= 0.3 is 0 Å². The molecular weight excluding hydrogens is 278 g/mol. The lowest BCUT2D eigenvalue weighted by molar-refractivity contribution is 0.104. The van der Waals surface area contributed by atoms with E-state index in [1.807, 2.05) is 6.92 Å². The van der Waals surface area contributed by atoms with Gasteiger partial charge in [-0.05, 0) is 31.4 Å². The van der Waals surface area contributed by atoms with Gasteiger partial charge in [-0.25, -0.2) is 0 Å². The van der Waals surface area contributed by atoms with Crippen LogP contribution in [0.2, 0.25) is 0 Å². The minimum Gasteiger partial charge on any atom is -0.488 e. The third kappa shape index (κ3) is 4.46. The lowest BCUT2D eigenvalue weighted by Gasteiger charge is -2.09. The molecule has 4 heteroatoms. The quantitative estimate of drug-likeness (QED) is 0.851. The summed E-state index contributed by atoms with van der Waals surface area (Å²) in [6.45, 7) is 7.60. The van der Waals surface area contributed by atoms with E-state index < -0.39 is 0 Å². The smallest absolute Gasteiger partial charge is 0.223 e. The molecule has 1 aromatic carbocycles. The highest BCUT2D eigenvalue weighted by Gasteiger charge is 2.04. The van der Waals surface area contributed by atoms with Crippen molar-refractivity contribution in [3.8, 4) is 5.75 Å². The Morgan fingerprint density at radius 1 is 1.14 bits per heavy atom. The van der Waals surface area contributed by atoms with Gasteiger partial charge in [-0.1, -0.05) is 30.7 Å². The molecule has 0 spiro atoms. The first kappa shape index (κ1) is 16.3. The number of H-pyrrole nitrogens is 1. The Kier molecular flexibility index (Phi) is 5.78. The number of nitrogens with one attached hydrogen (secondary N) is 1. The Morgan fingerprint density at radius 3 is 2.64 bits per heavy atom. The maximum absolute atomic E-state index is 11.9. The van der Waals surface area contributed by atoms with E-state index in [1.165, 1.54) is 17.2 Å². The normalized spacial score (nSPS) is 10.7. The van der Waals surface area contributed by atoms with Crippen molar-refractivity contribution >= 4 is 0 Å². The van der Waals surface area contributed by atoms with Crippen LogP contribution in [-0.2, 0) is 18.0 Å². The van der Waals surface area contributed by atoms with E-state index >= 15 is 0 Å². The van der Waals surface area contributed by atoms with Crippen LogP contribution >= 0.6 is 0 Å². The molecule has 22 heavy (non-hydrogen) atoms. The van der Waals surface area contributed by atoms with Crippen molar-refractivity contribution in [1.29, 1.82) is 0 Å². The van der Waals surface area contributed by atoms with Gasteiger partial charge < -0.3 is 14.5 Å². The van der Waals surface area contributed by atoms with E-state index in [9.17, 15) is 4.79 Å². The molecule has 0 amide bonds. The van der Waals surface area contributed by atoms with Gasteiger partial charge in [0.05, 0.1) is 19.8 Å². The topological polar surface area (TPSA) is 51.3 Å². The Balaban J connectivity index is 1.91. The molecule has 4 nitrogen and oxygen atoms in total. The lowest BCUT2D eigenvalue weighted by Crippen LogP contribution is -2.10. The van der Waals surface area contributed by atoms with Crippen LogP contribution in [-0.4, -0.2) is 11.6 Å². The highest BCUT2D eigenvalue weighted by atomic mass is 16.5. The van der Waals surface area contributed by atoms with Crippen LogP contribution in [0.4, 0.5) is 0 Å². The lowest BCUT2D eigenvalue weighted by atomic mass is 10.1. The van der Waals surface area contributed by atoms with Gasteiger partial charge in [0.15, 0.2) is 5.75 Å². The SMILES string of the molecule is CCCOc1c[nH]c(COCc2ccc(C)cc2C)cc1=O. The monoisotopic (exact) mass is 301 g/mol. The van der Waals surface area contributed by atoms with Crippen LogP contribution in [0.15, 0.2) is 35.3 Å². The van der Waals surface area contributed by atoms with E-state index in [2.05, 4.69) is 37.0 Å². The second-order valence-corrected chi connectivity index (χ2v) is 5.46. The molecule has 0 atom stereocenters. The fourth-order valence-electron chi connectivity index (χ4n) is 2.19. The number of hydrogen-bond acceptors (Lipinski definition) is 3. The van der Waals surface area contributed by atoms with E-state index in [1.54, 1.807) is 6.20 Å². The first-order valence-electron chi connectivity index (χ1n) is 7.58. The van der Waals surface area contributed by atoms with Crippen molar-refractivity contribution in [2.75, 3.05) is 6.61 Å². The predicted octanol–water partition coefficient (Wildman–Crippen LogP) is 3.50. The molecule has 2 rings (SSSR count). The van der Waals surface area contributed by atoms with Gasteiger partial charge in [0.1, 0.15) is 0 Å². The zero-order chi connectivity index (χ0) is 15.9. The molecule has 2 aromatic rings. The predicted molar refractivity (Wildman–Crippen MR) is 87.3 cm³/mol. The van der Waals surface area contributed by atoms with Gasteiger partial charge in [0.2, 0.25) is 5.43 Å². The van der Waals surface area contributed by atoms with Crippen molar-refractivity contribution < 1.29 is 9.47 Å². The second kappa shape index (κ2) is 7.80. The summed E-state index contributed by atoms with van der Waals surface area (Å²) in [6, 6.07) is 7.83. The molecular formula is C18H23NO3. The molecule has 0 fully saturated rings. The van der Waals surface area contributed by atoms with Crippen LogP contribution < -0.4 is 10.2 Å². The van der Waals surface area contributed by atoms with Crippen molar-refractivity contribution in [3.05, 3.63) is 63.1 Å². The number of ether oxygens (including phenoxy) is 2. The first-order chi connectivity index (χ1) is 10.6. The average molecular weight is 301 g/mol. The zero-order valence-corrected chi connectivity index (χ0v) is 13.4. The molecule has 118 valence electrons. The molecule has 0 aliphatic rings. The number of aryl methyl sites for hydroxylation is 2. The second-order valence-electron chi connectivity index (χ2n) is 5.46. The van der Waals surface area contributed by atoms with Crippen LogP contribution in [0.25, 0.3) is 0 Å². The van der Waals surface area contributed by atoms with Gasteiger partial charge in [-0.15, -0.1) is 0 Å². The standard InChI is InChI=1S/C18H23NO3/c1-4-7-22-18-10-19-16(9-17(18)20)12-21-11-15-6-5-13(2)8-14(15)3/h5-6,8-10H,4,7,11-12H2,1-3H3,(H,19,20). The Labute approximate surface area is 131 Å². The molecule has 0 saturated carbocycles. The summed E-state index contributed by atoms with van der Waals surface area (Å²) in [5.74, 6) is 0.361. The number of hydrogen-bond donors (Lipinski definition) is 1. The third-order valence-electron chi connectivity index (χ3n) is 3.41. The van der Waals surface area contributed by atoms with Crippen LogP contribution in [0.5, 0.6) is 5.75 Å². The summed E-state index contributed by atoms with van der Waals surface area (Å²) in [5, 5.41) is 0. The van der Waals surface area contributed by atoms with Crippen molar-refractivity contribution in [2.45, 2.75) is 40.4 Å². The zero-order valence-electron chi connectivity index (χ0n) is 13.4. The summed E-state index contributed by atoms with van der Waals surface area (Å²) in [6.07, 6.45) is 2.48. The molecule has 0 aliphatic heterocycles. The van der Waals surface area contributed by atoms with Crippen molar-refractivity contribution in [3.63, 3.8) is 0 Å². The molecule has 0 bridgehead atoms. The summed E-state index contributed by atoms with van der Waals surface area (Å²) in [7, 11) is 0. The molecule has 1 heterocycles. The number of pyridine rings is 1. The average Bonchev–Trinajstić information content (AvgIpc) is 2.48. The van der Waals surface area contributed by atoms with Gasteiger partial charge in [0, 0.05) is 18.0 Å². The third-order valence-corrected chi connectivity index (χ3v) is 3.41. The maximum atomic E-state index is 11.9. The van der Waals surface area contributed by atoms with Crippen LogP contribution in [0, 0.1) is 13.8 Å². The summed E-state index contributed by atoms with van der Waals surface area (Å²) in [4.78, 5) is 14.9. The largest absolute Gasteiger partial charge is 0.488 e. The molecule has 1 N–H and O–H groups in total. The molecule has 0 radical (unpaired) electrons. The fraction of sp³-hybridized carbons (Fsp3) is 0.389. The molecule has 0 unspecified atom stereocenters. The summed E-state index contributed by atoms with van der Waals surface area (Å²) < 4.78 is 11.0. The van der Waals surface area contributed by atoms with Gasteiger partial charge in [0.25, 0.3) is 0 Å². The minimum absolute atomic E-state index is 0.114. The highest BCUT2D eigenvalue weighted by molar-refractivity contribution is 5.29. The number of aromatic amines is 1. The van der Waals surface area contributed by atoms with E-state index in [0.717, 1.165) is 17.7 Å². The minimum atomic E-state index is -0.114. The number of rotatable bonds is 7. The highest BCUT2D eigenvalue weighted by Crippen LogP contribution is 2.12. The maximum Gasteiger partial charge on any atom is 0.223 e. The van der Waals surface area contributed by atoms with Gasteiger partial charge in [-0.3, -0.25) is 4.79 Å². The summed E-state index contributed by atoms with van der Waals surface area (Å²) in [5.41, 5.74) is 4.26. The molecule has 0 saturated heterocycles. The molecule has 1 aromatic heterocycles. The van der Waals surface area contributed by atoms with Crippen molar-refractivity contribution in [2.24, 2.45) is 0 Å². The Bertz CT molecular complexity index is 676. The van der Waals surface area contributed by atoms with Crippen LogP contribution in [0.3, 0.4) is 0 Å². The molecule has 0 aliphatic carbocycles. The number of aromatic nitrogens is 1. The Morgan fingerprint density at radius 2 is 1.95 bits per heavy atom. The number of benzene rings is 1. The van der Waals surface area contributed by atoms with Crippen molar-refractivity contribution in [1.82, 2.24) is 4.98 Å². The first-order valence-corrected chi connectivity index (χ1v) is 7.58. The van der Waals surface area contributed by atoms with E-state index in [-0.39, 0.29) is 5.43 Å². The summed E-state index contributed by atoms with van der Waals surface area (Å²) >= 11 is 0. The van der Waals surface area contributed by atoms with Gasteiger partial charge in [-0.2, -0.15) is 0 Å². The van der Waals surface area contributed by atoms with E-state index in [0.29, 0.717) is 25.6 Å². The fourth-order valence-corrected chi connectivity index (χ4v) is 2.19.